The summed E-state index contributed by atoms with van der Waals surface area (Å²) in [6, 6.07) is 6.91. The fraction of sp³-hybridized carbons (Fsp3) is 0.538. The molecule has 1 saturated carbocycles. The Hall–Kier alpha value is -1.22. The van der Waals surface area contributed by atoms with Crippen LogP contribution in [0.1, 0.15) is 19.3 Å². The molecule has 0 aliphatic heterocycles. The Balaban J connectivity index is 1.85. The van der Waals surface area contributed by atoms with Gasteiger partial charge in [-0.1, -0.05) is 12.5 Å². The standard InChI is InChI=1S/C13H19NO2/c14-8-11(10-3-1-4-10)9-16-13-6-2-5-12(15)7-13/h2,5-7,10-11,15H,1,3-4,8-9,14H2. The van der Waals surface area contributed by atoms with E-state index in [9.17, 15) is 5.11 Å². The van der Waals surface area contributed by atoms with E-state index in [0.29, 0.717) is 19.1 Å². The number of aromatic hydroxyl groups is 1. The number of phenolic OH excluding ortho intramolecular Hbond substituents is 1. The van der Waals surface area contributed by atoms with Gasteiger partial charge in [-0.05, 0) is 37.4 Å². The highest BCUT2D eigenvalue weighted by Gasteiger charge is 2.26. The number of rotatable bonds is 5. The van der Waals surface area contributed by atoms with Crippen molar-refractivity contribution in [2.24, 2.45) is 17.6 Å². The first-order valence-electron chi connectivity index (χ1n) is 5.91. The molecule has 0 radical (unpaired) electrons. The largest absolute Gasteiger partial charge is 0.508 e. The number of ether oxygens (including phenoxy) is 1. The van der Waals surface area contributed by atoms with E-state index in [1.807, 2.05) is 6.07 Å². The predicted octanol–water partition coefficient (Wildman–Crippen LogP) is 2.15. The maximum absolute atomic E-state index is 9.30. The van der Waals surface area contributed by atoms with Crippen LogP contribution in [0, 0.1) is 11.8 Å². The van der Waals surface area contributed by atoms with Gasteiger partial charge in [0.25, 0.3) is 0 Å². The van der Waals surface area contributed by atoms with Crippen LogP contribution in [-0.4, -0.2) is 18.3 Å². The molecule has 1 fully saturated rings. The molecule has 2 rings (SSSR count). The van der Waals surface area contributed by atoms with E-state index in [1.54, 1.807) is 18.2 Å². The van der Waals surface area contributed by atoms with Gasteiger partial charge in [0.15, 0.2) is 0 Å². The third kappa shape index (κ3) is 2.67. The Bertz CT molecular complexity index is 336. The first kappa shape index (κ1) is 11.3. The van der Waals surface area contributed by atoms with Gasteiger partial charge in [0.05, 0.1) is 6.61 Å². The molecule has 3 heteroatoms. The molecule has 1 unspecified atom stereocenters. The van der Waals surface area contributed by atoms with Crippen molar-refractivity contribution in [2.75, 3.05) is 13.2 Å². The molecule has 0 amide bonds. The van der Waals surface area contributed by atoms with Crippen molar-refractivity contribution in [3.05, 3.63) is 24.3 Å². The predicted molar refractivity (Wildman–Crippen MR) is 63.5 cm³/mol. The van der Waals surface area contributed by atoms with E-state index in [4.69, 9.17) is 10.5 Å². The van der Waals surface area contributed by atoms with Crippen molar-refractivity contribution in [3.8, 4) is 11.5 Å². The second-order valence-corrected chi connectivity index (χ2v) is 4.50. The molecule has 1 aliphatic carbocycles. The minimum absolute atomic E-state index is 0.241. The summed E-state index contributed by atoms with van der Waals surface area (Å²) in [7, 11) is 0. The summed E-state index contributed by atoms with van der Waals surface area (Å²) in [4.78, 5) is 0. The van der Waals surface area contributed by atoms with Gasteiger partial charge in [0.1, 0.15) is 11.5 Å². The summed E-state index contributed by atoms with van der Waals surface area (Å²) in [6.45, 7) is 1.34. The summed E-state index contributed by atoms with van der Waals surface area (Å²) in [5.74, 6) is 2.15. The van der Waals surface area contributed by atoms with Crippen molar-refractivity contribution in [2.45, 2.75) is 19.3 Å². The quantitative estimate of drug-likeness (QED) is 0.801. The Labute approximate surface area is 96.2 Å². The smallest absolute Gasteiger partial charge is 0.122 e. The van der Waals surface area contributed by atoms with Crippen LogP contribution in [0.25, 0.3) is 0 Å². The lowest BCUT2D eigenvalue weighted by atomic mass is 9.76. The molecule has 0 bridgehead atoms. The molecular weight excluding hydrogens is 202 g/mol. The molecule has 16 heavy (non-hydrogen) atoms. The van der Waals surface area contributed by atoms with E-state index >= 15 is 0 Å². The monoisotopic (exact) mass is 221 g/mol. The maximum atomic E-state index is 9.30. The van der Waals surface area contributed by atoms with Gasteiger partial charge >= 0.3 is 0 Å². The Morgan fingerprint density at radius 1 is 1.44 bits per heavy atom. The third-order valence-electron chi connectivity index (χ3n) is 3.40. The molecular formula is C13H19NO2. The first-order chi connectivity index (χ1) is 7.79. The van der Waals surface area contributed by atoms with Crippen LogP contribution in [0.2, 0.25) is 0 Å². The second kappa shape index (κ2) is 5.21. The highest BCUT2D eigenvalue weighted by atomic mass is 16.5. The molecule has 1 atom stereocenters. The SMILES string of the molecule is NCC(COc1cccc(O)c1)C1CCC1. The van der Waals surface area contributed by atoms with E-state index in [2.05, 4.69) is 0 Å². The fourth-order valence-corrected chi connectivity index (χ4v) is 2.08. The van der Waals surface area contributed by atoms with Crippen molar-refractivity contribution in [1.29, 1.82) is 0 Å². The minimum atomic E-state index is 0.241. The van der Waals surface area contributed by atoms with Gasteiger partial charge in [-0.3, -0.25) is 0 Å². The van der Waals surface area contributed by atoms with Gasteiger partial charge in [-0.15, -0.1) is 0 Å². The summed E-state index contributed by atoms with van der Waals surface area (Å²) in [6.07, 6.45) is 3.89. The number of nitrogens with two attached hydrogens (primary N) is 1. The second-order valence-electron chi connectivity index (χ2n) is 4.50. The molecule has 0 aromatic heterocycles. The normalized spacial score (nSPS) is 17.8. The number of hydrogen-bond donors (Lipinski definition) is 2. The lowest BCUT2D eigenvalue weighted by Crippen LogP contribution is -2.32. The van der Waals surface area contributed by atoms with E-state index < -0.39 is 0 Å². The van der Waals surface area contributed by atoms with Crippen molar-refractivity contribution in [3.63, 3.8) is 0 Å². The van der Waals surface area contributed by atoms with Gasteiger partial charge in [0.2, 0.25) is 0 Å². The first-order valence-corrected chi connectivity index (χ1v) is 5.91. The molecule has 1 aromatic carbocycles. The van der Waals surface area contributed by atoms with Crippen LogP contribution in [0.5, 0.6) is 11.5 Å². The van der Waals surface area contributed by atoms with Gasteiger partial charge < -0.3 is 15.6 Å². The molecule has 3 N–H and O–H groups in total. The van der Waals surface area contributed by atoms with Crippen LogP contribution in [0.4, 0.5) is 0 Å². The van der Waals surface area contributed by atoms with Crippen LogP contribution >= 0.6 is 0 Å². The summed E-state index contributed by atoms with van der Waals surface area (Å²) in [5, 5.41) is 9.30. The van der Waals surface area contributed by atoms with Crippen molar-refractivity contribution in [1.82, 2.24) is 0 Å². The van der Waals surface area contributed by atoms with E-state index in [-0.39, 0.29) is 5.75 Å². The summed E-state index contributed by atoms with van der Waals surface area (Å²) >= 11 is 0. The molecule has 0 spiro atoms. The molecule has 1 aliphatic rings. The van der Waals surface area contributed by atoms with E-state index in [0.717, 1.165) is 11.7 Å². The highest BCUT2D eigenvalue weighted by molar-refractivity contribution is 5.31. The average molecular weight is 221 g/mol. The van der Waals surface area contributed by atoms with Gasteiger partial charge in [-0.2, -0.15) is 0 Å². The van der Waals surface area contributed by atoms with Gasteiger partial charge in [-0.25, -0.2) is 0 Å². The van der Waals surface area contributed by atoms with Crippen molar-refractivity contribution >= 4 is 0 Å². The Kier molecular flexibility index (Phi) is 3.67. The number of hydrogen-bond acceptors (Lipinski definition) is 3. The summed E-state index contributed by atoms with van der Waals surface area (Å²) in [5.41, 5.74) is 5.75. The topological polar surface area (TPSA) is 55.5 Å². The molecule has 0 heterocycles. The zero-order valence-electron chi connectivity index (χ0n) is 9.43. The fourth-order valence-electron chi connectivity index (χ4n) is 2.08. The van der Waals surface area contributed by atoms with Crippen molar-refractivity contribution < 1.29 is 9.84 Å². The third-order valence-corrected chi connectivity index (χ3v) is 3.40. The highest BCUT2D eigenvalue weighted by Crippen LogP contribution is 2.33. The van der Waals surface area contributed by atoms with E-state index in [1.165, 1.54) is 19.3 Å². The van der Waals surface area contributed by atoms with Crippen LogP contribution in [0.3, 0.4) is 0 Å². The molecule has 1 aromatic rings. The molecule has 0 saturated heterocycles. The number of benzene rings is 1. The molecule has 88 valence electrons. The lowest BCUT2D eigenvalue weighted by molar-refractivity contribution is 0.141. The lowest BCUT2D eigenvalue weighted by Gasteiger charge is -2.32. The zero-order chi connectivity index (χ0) is 11.4. The Morgan fingerprint density at radius 3 is 2.81 bits per heavy atom. The van der Waals surface area contributed by atoms with Crippen LogP contribution < -0.4 is 10.5 Å². The van der Waals surface area contributed by atoms with Crippen LogP contribution in [0.15, 0.2) is 24.3 Å². The number of phenols is 1. The Morgan fingerprint density at radius 2 is 2.25 bits per heavy atom. The summed E-state index contributed by atoms with van der Waals surface area (Å²) < 4.78 is 5.66. The van der Waals surface area contributed by atoms with Gasteiger partial charge in [0, 0.05) is 12.0 Å². The van der Waals surface area contributed by atoms with Crippen LogP contribution in [-0.2, 0) is 0 Å². The maximum Gasteiger partial charge on any atom is 0.122 e. The minimum Gasteiger partial charge on any atom is -0.508 e. The zero-order valence-corrected chi connectivity index (χ0v) is 9.43. The average Bonchev–Trinajstić information content (AvgIpc) is 2.21. The molecule has 3 nitrogen and oxygen atoms in total.